The third-order valence-electron chi connectivity index (χ3n) is 6.79. The molecule has 0 heterocycles. The Morgan fingerprint density at radius 1 is 0.867 bits per heavy atom. The fourth-order valence-electron chi connectivity index (χ4n) is 4.48. The Morgan fingerprint density at radius 2 is 1.56 bits per heavy atom. The number of benzene rings is 4. The SMILES string of the molecule is COc1cc([C@H](Nc2ccc(C(=N)N)cc2)C(=O)N[C@@H](Cc2ccc(N)cc2)C(=O)OC(C)=O)ccc1OCc1ccccc1. The van der Waals surface area contributed by atoms with Gasteiger partial charge in [-0.3, -0.25) is 15.0 Å². The van der Waals surface area contributed by atoms with Gasteiger partial charge in [0.1, 0.15) is 24.5 Å². The van der Waals surface area contributed by atoms with Crippen molar-refractivity contribution < 1.29 is 28.6 Å². The molecule has 11 heteroatoms. The molecule has 0 aliphatic heterocycles. The van der Waals surface area contributed by atoms with Crippen LogP contribution in [0.15, 0.2) is 97.1 Å². The summed E-state index contributed by atoms with van der Waals surface area (Å²) < 4.78 is 16.5. The number of nitrogens with one attached hydrogen (secondary N) is 3. The number of nitrogens with two attached hydrogens (primary N) is 2. The van der Waals surface area contributed by atoms with Crippen LogP contribution in [0.4, 0.5) is 11.4 Å². The summed E-state index contributed by atoms with van der Waals surface area (Å²) in [7, 11) is 1.50. The van der Waals surface area contributed by atoms with Crippen LogP contribution in [0.5, 0.6) is 11.5 Å². The van der Waals surface area contributed by atoms with Gasteiger partial charge in [0, 0.05) is 30.3 Å². The highest BCUT2D eigenvalue weighted by Gasteiger charge is 2.29. The van der Waals surface area contributed by atoms with E-state index in [0.29, 0.717) is 46.2 Å². The summed E-state index contributed by atoms with van der Waals surface area (Å²) in [5.74, 6) is -1.51. The molecule has 4 rings (SSSR count). The minimum Gasteiger partial charge on any atom is -0.493 e. The van der Waals surface area contributed by atoms with Crippen LogP contribution in [0, 0.1) is 5.41 Å². The quantitative estimate of drug-likeness (QED) is 0.0490. The fraction of sp³-hybridized carbons (Fsp3) is 0.176. The van der Waals surface area contributed by atoms with Crippen molar-refractivity contribution >= 4 is 35.1 Å². The fourth-order valence-corrected chi connectivity index (χ4v) is 4.48. The smallest absolute Gasteiger partial charge is 0.336 e. The average molecular weight is 610 g/mol. The maximum atomic E-state index is 14.0. The van der Waals surface area contributed by atoms with Gasteiger partial charge >= 0.3 is 11.9 Å². The van der Waals surface area contributed by atoms with Gasteiger partial charge in [0.2, 0.25) is 5.91 Å². The highest BCUT2D eigenvalue weighted by molar-refractivity contribution is 5.96. The zero-order valence-electron chi connectivity index (χ0n) is 24.9. The van der Waals surface area contributed by atoms with Gasteiger partial charge in [-0.2, -0.15) is 0 Å². The first-order chi connectivity index (χ1) is 21.6. The van der Waals surface area contributed by atoms with Gasteiger partial charge in [-0.05, 0) is 65.2 Å². The number of methoxy groups -OCH3 is 1. The zero-order valence-corrected chi connectivity index (χ0v) is 24.9. The molecule has 2 atom stereocenters. The van der Waals surface area contributed by atoms with Gasteiger partial charge in [0.05, 0.1) is 7.11 Å². The van der Waals surface area contributed by atoms with Crippen molar-refractivity contribution in [2.75, 3.05) is 18.2 Å². The molecule has 0 saturated heterocycles. The summed E-state index contributed by atoms with van der Waals surface area (Å²) in [6.45, 7) is 1.43. The molecule has 0 saturated carbocycles. The molecular weight excluding hydrogens is 574 g/mol. The molecule has 11 nitrogen and oxygen atoms in total. The van der Waals surface area contributed by atoms with E-state index in [9.17, 15) is 14.4 Å². The van der Waals surface area contributed by atoms with Gasteiger partial charge < -0.3 is 36.3 Å². The highest BCUT2D eigenvalue weighted by Crippen LogP contribution is 2.32. The van der Waals surface area contributed by atoms with Crippen LogP contribution >= 0.6 is 0 Å². The van der Waals surface area contributed by atoms with Gasteiger partial charge in [-0.25, -0.2) is 4.79 Å². The predicted octanol–water partition coefficient (Wildman–Crippen LogP) is 4.11. The third kappa shape index (κ3) is 9.07. The van der Waals surface area contributed by atoms with Crippen molar-refractivity contribution in [1.29, 1.82) is 5.41 Å². The first-order valence-corrected chi connectivity index (χ1v) is 14.1. The normalized spacial score (nSPS) is 11.9. The maximum Gasteiger partial charge on any atom is 0.336 e. The molecule has 0 aromatic heterocycles. The largest absolute Gasteiger partial charge is 0.493 e. The molecule has 4 aromatic rings. The van der Waals surface area contributed by atoms with Crippen molar-refractivity contribution in [1.82, 2.24) is 5.32 Å². The summed E-state index contributed by atoms with van der Waals surface area (Å²) in [5.41, 5.74) is 15.2. The Morgan fingerprint density at radius 3 is 2.18 bits per heavy atom. The van der Waals surface area contributed by atoms with E-state index in [0.717, 1.165) is 12.5 Å². The molecule has 0 spiro atoms. The Kier molecular flexibility index (Phi) is 10.7. The molecule has 0 bridgehead atoms. The molecule has 232 valence electrons. The molecule has 0 fully saturated rings. The number of rotatable bonds is 13. The van der Waals surface area contributed by atoms with Crippen molar-refractivity contribution in [3.05, 3.63) is 119 Å². The van der Waals surface area contributed by atoms with Crippen molar-refractivity contribution in [3.63, 3.8) is 0 Å². The average Bonchev–Trinajstić information content (AvgIpc) is 3.03. The maximum absolute atomic E-state index is 14.0. The second-order valence-electron chi connectivity index (χ2n) is 10.2. The van der Waals surface area contributed by atoms with Gasteiger partial charge in [-0.1, -0.05) is 48.5 Å². The van der Waals surface area contributed by atoms with Crippen molar-refractivity contribution in [2.45, 2.75) is 32.0 Å². The molecular formula is C34H35N5O6. The number of hydrogen-bond acceptors (Lipinski definition) is 9. The van der Waals surface area contributed by atoms with Gasteiger partial charge in [-0.15, -0.1) is 0 Å². The lowest BCUT2D eigenvalue weighted by atomic mass is 10.0. The molecule has 0 unspecified atom stereocenters. The number of ether oxygens (including phenoxy) is 3. The van der Waals surface area contributed by atoms with Crippen LogP contribution in [-0.4, -0.2) is 36.8 Å². The minimum absolute atomic E-state index is 0.0494. The lowest BCUT2D eigenvalue weighted by Gasteiger charge is -2.24. The molecule has 0 aliphatic carbocycles. The Hall–Kier alpha value is -5.84. The molecule has 1 amide bonds. The molecule has 0 aliphatic rings. The van der Waals surface area contributed by atoms with Crippen LogP contribution in [0.2, 0.25) is 0 Å². The van der Waals surface area contributed by atoms with Crippen LogP contribution in [0.25, 0.3) is 0 Å². The first kappa shape index (κ1) is 32.1. The highest BCUT2D eigenvalue weighted by atomic mass is 16.6. The number of esters is 2. The minimum atomic E-state index is -1.19. The lowest BCUT2D eigenvalue weighted by molar-refractivity contribution is -0.160. The number of carbonyl (C=O) groups is 3. The Bertz CT molecular complexity index is 1640. The van der Waals surface area contributed by atoms with E-state index in [1.54, 1.807) is 66.7 Å². The summed E-state index contributed by atoms with van der Waals surface area (Å²) in [4.78, 5) is 38.5. The molecule has 4 aromatic carbocycles. The van der Waals surface area contributed by atoms with Crippen molar-refractivity contribution in [2.24, 2.45) is 5.73 Å². The number of nitrogen functional groups attached to an aromatic ring is 2. The van der Waals surface area contributed by atoms with Gasteiger partial charge in [0.25, 0.3) is 0 Å². The van der Waals surface area contributed by atoms with E-state index >= 15 is 0 Å². The predicted molar refractivity (Wildman–Crippen MR) is 171 cm³/mol. The summed E-state index contributed by atoms with van der Waals surface area (Å²) in [6.07, 6.45) is 0.0494. The van der Waals surface area contributed by atoms with Crippen LogP contribution in [-0.2, 0) is 32.1 Å². The number of anilines is 2. The van der Waals surface area contributed by atoms with Crippen LogP contribution in [0.3, 0.4) is 0 Å². The molecule has 7 N–H and O–H groups in total. The van der Waals surface area contributed by atoms with Crippen LogP contribution in [0.1, 0.15) is 35.2 Å². The topological polar surface area (TPSA) is 179 Å². The van der Waals surface area contributed by atoms with E-state index in [2.05, 4.69) is 10.6 Å². The Labute approximate surface area is 261 Å². The second-order valence-corrected chi connectivity index (χ2v) is 10.2. The number of amides is 1. The summed E-state index contributed by atoms with van der Waals surface area (Å²) in [6, 6.07) is 26.0. The van der Waals surface area contributed by atoms with E-state index in [-0.39, 0.29) is 12.3 Å². The second kappa shape index (κ2) is 15.1. The molecule has 0 radical (unpaired) electrons. The first-order valence-electron chi connectivity index (χ1n) is 14.1. The van der Waals surface area contributed by atoms with Gasteiger partial charge in [0.15, 0.2) is 11.5 Å². The van der Waals surface area contributed by atoms with E-state index in [4.69, 9.17) is 31.1 Å². The van der Waals surface area contributed by atoms with Crippen molar-refractivity contribution in [3.8, 4) is 11.5 Å². The molecule has 45 heavy (non-hydrogen) atoms. The van der Waals surface area contributed by atoms with E-state index in [1.807, 2.05) is 30.3 Å². The number of amidine groups is 1. The lowest BCUT2D eigenvalue weighted by Crippen LogP contribution is -2.47. The number of carbonyl (C=O) groups excluding carboxylic acids is 3. The third-order valence-corrected chi connectivity index (χ3v) is 6.79. The monoisotopic (exact) mass is 609 g/mol. The number of hydrogen-bond donors (Lipinski definition) is 5. The van der Waals surface area contributed by atoms with Crippen LogP contribution < -0.4 is 31.6 Å². The Balaban J connectivity index is 1.65. The van der Waals surface area contributed by atoms with E-state index in [1.165, 1.54) is 7.11 Å². The summed E-state index contributed by atoms with van der Waals surface area (Å²) >= 11 is 0. The summed E-state index contributed by atoms with van der Waals surface area (Å²) in [5, 5.41) is 13.6. The zero-order chi connectivity index (χ0) is 32.3. The standard InChI is InChI=1S/C34H35N5O6/c1-21(40)45-34(42)28(18-22-8-13-26(35)14-9-22)39-33(41)31(38-27-15-10-24(11-16-27)32(36)37)25-12-17-29(30(19-25)43-2)44-20-23-6-4-3-5-7-23/h3-17,19,28,31,38H,18,20,35H2,1-2H3,(H3,36,37)(H,39,41)/t28-,31-/m0/s1. The van der Waals surface area contributed by atoms with E-state index < -0.39 is 29.9 Å².